The second-order valence-electron chi connectivity index (χ2n) is 6.88. The molecule has 1 aliphatic rings. The summed E-state index contributed by atoms with van der Waals surface area (Å²) in [6, 6.07) is 8.66. The zero-order chi connectivity index (χ0) is 22.4. The molecule has 9 nitrogen and oxygen atoms in total. The van der Waals surface area contributed by atoms with Gasteiger partial charge in [0.1, 0.15) is 11.4 Å². The first-order chi connectivity index (χ1) is 14.8. The maximum atomic E-state index is 13.1. The van der Waals surface area contributed by atoms with Crippen molar-refractivity contribution < 1.29 is 19.8 Å². The summed E-state index contributed by atoms with van der Waals surface area (Å²) in [6.07, 6.45) is 0. The van der Waals surface area contributed by atoms with Crippen molar-refractivity contribution >= 4 is 28.6 Å². The van der Waals surface area contributed by atoms with Gasteiger partial charge >= 0.3 is 0 Å². The highest BCUT2D eigenvalue weighted by Gasteiger charge is 2.33. The van der Waals surface area contributed by atoms with E-state index in [9.17, 15) is 24.6 Å². The lowest BCUT2D eigenvalue weighted by Gasteiger charge is -2.19. The number of benzene rings is 2. The Hall–Kier alpha value is -4.58. The van der Waals surface area contributed by atoms with Crippen LogP contribution in [0.15, 0.2) is 51.4 Å². The van der Waals surface area contributed by atoms with E-state index in [1.165, 1.54) is 50.4 Å². The summed E-state index contributed by atoms with van der Waals surface area (Å²) in [4.78, 5) is 41.7. The van der Waals surface area contributed by atoms with E-state index in [0.29, 0.717) is 0 Å². The molecular weight excluding hydrogens is 400 g/mol. The van der Waals surface area contributed by atoms with Gasteiger partial charge in [-0.05, 0) is 24.6 Å². The third-order valence-electron chi connectivity index (χ3n) is 5.14. The molecule has 0 radical (unpaired) electrons. The first kappa shape index (κ1) is 19.7. The van der Waals surface area contributed by atoms with Crippen molar-refractivity contribution in [3.05, 3.63) is 86.0 Å². The number of nitrogens with zero attached hydrogens (tertiary/aromatic N) is 4. The minimum Gasteiger partial charge on any atom is -0.507 e. The van der Waals surface area contributed by atoms with Crippen LogP contribution in [0.3, 0.4) is 0 Å². The molecule has 0 aliphatic heterocycles. The van der Waals surface area contributed by atoms with Crippen LogP contribution in [-0.2, 0) is 7.05 Å². The molecule has 0 unspecified atom stereocenters. The SMILES string of the molecule is [C-]#[N+]c1c(C)c(N=Nc2cccc3c2C(=O)c2cccc(O)c2C3=O)c(=O)n(C)c1O. The highest BCUT2D eigenvalue weighted by atomic mass is 16.3. The highest BCUT2D eigenvalue weighted by molar-refractivity contribution is 6.30. The van der Waals surface area contributed by atoms with Crippen LogP contribution in [0.1, 0.15) is 37.4 Å². The van der Waals surface area contributed by atoms with E-state index in [2.05, 4.69) is 15.1 Å². The smallest absolute Gasteiger partial charge is 0.278 e. The monoisotopic (exact) mass is 414 g/mol. The van der Waals surface area contributed by atoms with Crippen molar-refractivity contribution in [3.63, 3.8) is 0 Å². The van der Waals surface area contributed by atoms with E-state index < -0.39 is 23.0 Å². The second kappa shape index (κ2) is 7.03. The van der Waals surface area contributed by atoms with E-state index in [-0.39, 0.29) is 50.6 Å². The van der Waals surface area contributed by atoms with Crippen LogP contribution in [0.5, 0.6) is 11.6 Å². The largest absolute Gasteiger partial charge is 0.507 e. The fourth-order valence-corrected chi connectivity index (χ4v) is 3.50. The van der Waals surface area contributed by atoms with Gasteiger partial charge in [-0.1, -0.05) is 24.3 Å². The summed E-state index contributed by atoms with van der Waals surface area (Å²) < 4.78 is 0.878. The number of ketones is 2. The van der Waals surface area contributed by atoms with E-state index in [1.807, 2.05) is 0 Å². The lowest BCUT2D eigenvalue weighted by atomic mass is 9.83. The number of hydrogen-bond donors (Lipinski definition) is 2. The molecule has 0 saturated heterocycles. The van der Waals surface area contributed by atoms with Gasteiger partial charge < -0.3 is 10.2 Å². The van der Waals surface area contributed by atoms with Gasteiger partial charge in [-0.2, -0.15) is 0 Å². The Labute approximate surface area is 175 Å². The van der Waals surface area contributed by atoms with Gasteiger partial charge in [0.15, 0.2) is 17.4 Å². The van der Waals surface area contributed by atoms with Crippen LogP contribution >= 0.6 is 0 Å². The average molecular weight is 414 g/mol. The zero-order valence-corrected chi connectivity index (χ0v) is 16.4. The van der Waals surface area contributed by atoms with E-state index in [1.54, 1.807) is 0 Å². The van der Waals surface area contributed by atoms with Crippen LogP contribution < -0.4 is 5.56 Å². The van der Waals surface area contributed by atoms with Crippen molar-refractivity contribution in [3.8, 4) is 11.6 Å². The second-order valence-corrected chi connectivity index (χ2v) is 6.88. The molecule has 31 heavy (non-hydrogen) atoms. The summed E-state index contributed by atoms with van der Waals surface area (Å²) in [5.74, 6) is -1.80. The van der Waals surface area contributed by atoms with Gasteiger partial charge in [-0.3, -0.25) is 19.0 Å². The van der Waals surface area contributed by atoms with E-state index in [0.717, 1.165) is 4.57 Å². The minimum absolute atomic E-state index is 0.00741. The molecule has 3 aromatic rings. The number of carbonyl (C=O) groups is 2. The Morgan fingerprint density at radius 3 is 2.23 bits per heavy atom. The third-order valence-corrected chi connectivity index (χ3v) is 5.14. The van der Waals surface area contributed by atoms with E-state index >= 15 is 0 Å². The molecule has 2 N–H and O–H groups in total. The normalized spacial score (nSPS) is 12.5. The molecular formula is C22H14N4O5. The van der Waals surface area contributed by atoms with Crippen molar-refractivity contribution in [2.24, 2.45) is 17.3 Å². The van der Waals surface area contributed by atoms with Crippen LogP contribution in [0.4, 0.5) is 17.1 Å². The van der Waals surface area contributed by atoms with Gasteiger partial charge in [0.2, 0.25) is 5.69 Å². The fraction of sp³-hybridized carbons (Fsp3) is 0.0909. The molecule has 0 fully saturated rings. The number of rotatable bonds is 2. The molecule has 0 bridgehead atoms. The Balaban J connectivity index is 1.90. The molecule has 0 atom stereocenters. The highest BCUT2D eigenvalue weighted by Crippen LogP contribution is 2.38. The average Bonchev–Trinajstić information content (AvgIpc) is 2.76. The molecule has 1 heterocycles. The number of phenolic OH excluding ortho intramolecular Hbond substituents is 1. The Morgan fingerprint density at radius 2 is 1.55 bits per heavy atom. The van der Waals surface area contributed by atoms with Gasteiger partial charge in [0.05, 0.1) is 23.4 Å². The van der Waals surface area contributed by atoms with Crippen LogP contribution in [-0.4, -0.2) is 26.3 Å². The molecule has 1 aliphatic carbocycles. The van der Waals surface area contributed by atoms with Gasteiger partial charge in [0, 0.05) is 18.2 Å². The Kier molecular flexibility index (Phi) is 4.48. The molecule has 1 aromatic heterocycles. The standard InChI is InChI=1S/C22H14N4O5/c1-10-17(23-2)21(30)26(3)22(31)18(10)25-24-13-8-4-6-11-15(13)19(28)12-7-5-9-14(27)16(12)20(11)29/h4-9,27,30H,1,3H3. The number of phenols is 1. The summed E-state index contributed by atoms with van der Waals surface area (Å²) in [5.41, 5.74) is -0.732. The molecule has 0 saturated carbocycles. The van der Waals surface area contributed by atoms with Crippen LogP contribution in [0.2, 0.25) is 0 Å². The maximum Gasteiger partial charge on any atom is 0.278 e. The predicted molar refractivity (Wildman–Crippen MR) is 110 cm³/mol. The topological polar surface area (TPSA) is 126 Å². The lowest BCUT2D eigenvalue weighted by Crippen LogP contribution is -2.21. The van der Waals surface area contributed by atoms with Crippen molar-refractivity contribution in [1.29, 1.82) is 0 Å². The molecule has 9 heteroatoms. The number of pyridine rings is 1. The maximum absolute atomic E-state index is 13.1. The molecule has 0 amide bonds. The van der Waals surface area contributed by atoms with Crippen molar-refractivity contribution in [1.82, 2.24) is 4.57 Å². The summed E-state index contributed by atoms with van der Waals surface area (Å²) in [7, 11) is 1.29. The number of aromatic nitrogens is 1. The first-order valence-electron chi connectivity index (χ1n) is 9.04. The first-order valence-corrected chi connectivity index (χ1v) is 9.04. The molecule has 4 rings (SSSR count). The number of carbonyl (C=O) groups excluding carboxylic acids is 2. The lowest BCUT2D eigenvalue weighted by molar-refractivity contribution is 0.0977. The quantitative estimate of drug-likeness (QED) is 0.381. The molecule has 0 spiro atoms. The third kappa shape index (κ3) is 2.81. The predicted octanol–water partition coefficient (Wildman–Crippen LogP) is 3.85. The van der Waals surface area contributed by atoms with Gasteiger partial charge in [0.25, 0.3) is 5.56 Å². The fourth-order valence-electron chi connectivity index (χ4n) is 3.50. The van der Waals surface area contributed by atoms with Crippen LogP contribution in [0, 0.1) is 13.5 Å². The summed E-state index contributed by atoms with van der Waals surface area (Å²) in [6.45, 7) is 8.68. The van der Waals surface area contributed by atoms with E-state index in [4.69, 9.17) is 6.57 Å². The number of hydrogen-bond acceptors (Lipinski definition) is 7. The Bertz CT molecular complexity index is 1440. The minimum atomic E-state index is -0.673. The molecule has 2 aromatic carbocycles. The van der Waals surface area contributed by atoms with Gasteiger partial charge in [-0.15, -0.1) is 10.2 Å². The van der Waals surface area contributed by atoms with Crippen molar-refractivity contribution in [2.45, 2.75) is 6.92 Å². The summed E-state index contributed by atoms with van der Waals surface area (Å²) in [5, 5.41) is 28.0. The number of azo groups is 1. The van der Waals surface area contributed by atoms with Gasteiger partial charge in [-0.25, -0.2) is 4.85 Å². The number of aromatic hydroxyl groups is 2. The Morgan fingerprint density at radius 1 is 0.935 bits per heavy atom. The summed E-state index contributed by atoms with van der Waals surface area (Å²) >= 11 is 0. The number of fused-ring (bicyclic) bond motifs is 2. The van der Waals surface area contributed by atoms with Crippen molar-refractivity contribution in [2.75, 3.05) is 0 Å². The molecule has 152 valence electrons. The van der Waals surface area contributed by atoms with Crippen LogP contribution in [0.25, 0.3) is 4.85 Å². The zero-order valence-electron chi connectivity index (χ0n) is 16.4.